The number of rotatable bonds is 9. The summed E-state index contributed by atoms with van der Waals surface area (Å²) in [6.45, 7) is 7.47. The van der Waals surface area contributed by atoms with Crippen molar-refractivity contribution in [3.05, 3.63) is 46.2 Å². The van der Waals surface area contributed by atoms with E-state index in [1.165, 1.54) is 12.1 Å². The molecular formula is C19H23Cl2N3O3. The molecule has 0 unspecified atom stereocenters. The van der Waals surface area contributed by atoms with Gasteiger partial charge in [0.1, 0.15) is 16.9 Å². The second-order valence-corrected chi connectivity index (χ2v) is 6.47. The number of nitrogens with zero attached hydrogens (tertiary/aromatic N) is 2. The van der Waals surface area contributed by atoms with Gasteiger partial charge in [0, 0.05) is 23.9 Å². The number of likely N-dealkylation sites (N-methyl/N-ethyl adjacent to an activating group) is 1. The number of carbonyl (C=O) groups excluding carboxylic acids is 1. The number of benzene rings is 1. The van der Waals surface area contributed by atoms with E-state index in [9.17, 15) is 4.79 Å². The molecular weight excluding hydrogens is 389 g/mol. The van der Waals surface area contributed by atoms with Crippen molar-refractivity contribution in [2.45, 2.75) is 13.8 Å². The monoisotopic (exact) mass is 411 g/mol. The van der Waals surface area contributed by atoms with Crippen molar-refractivity contribution in [3.63, 3.8) is 0 Å². The van der Waals surface area contributed by atoms with E-state index in [1.807, 2.05) is 0 Å². The van der Waals surface area contributed by atoms with Gasteiger partial charge in [0.2, 0.25) is 0 Å². The minimum Gasteiger partial charge on any atom is -0.493 e. The number of hydrogen-bond acceptors (Lipinski definition) is 5. The average Bonchev–Trinajstić information content (AvgIpc) is 2.64. The van der Waals surface area contributed by atoms with E-state index in [0.717, 1.165) is 19.6 Å². The maximum atomic E-state index is 12.4. The zero-order valence-electron chi connectivity index (χ0n) is 15.6. The third-order valence-electron chi connectivity index (χ3n) is 4.01. The molecule has 0 fully saturated rings. The standard InChI is InChI=1S/C19H23Cl2N3O3/c1-4-24(5-2)8-9-27-16-12-14(6-7-15(16)26-3)22-19(25)13-10-17(20)23-18(21)11-13/h6-7,10-12H,4-5,8-9H2,1-3H3,(H,22,25). The lowest BCUT2D eigenvalue weighted by molar-refractivity contribution is 0.102. The van der Waals surface area contributed by atoms with Gasteiger partial charge in [0.15, 0.2) is 11.5 Å². The highest BCUT2D eigenvalue weighted by Crippen LogP contribution is 2.30. The molecule has 146 valence electrons. The van der Waals surface area contributed by atoms with Gasteiger partial charge in [-0.3, -0.25) is 4.79 Å². The van der Waals surface area contributed by atoms with Crippen LogP contribution in [0.3, 0.4) is 0 Å². The van der Waals surface area contributed by atoms with Gasteiger partial charge in [-0.2, -0.15) is 0 Å². The topological polar surface area (TPSA) is 63.7 Å². The van der Waals surface area contributed by atoms with Gasteiger partial charge in [-0.25, -0.2) is 4.98 Å². The first-order valence-electron chi connectivity index (χ1n) is 8.64. The maximum Gasteiger partial charge on any atom is 0.255 e. The minimum atomic E-state index is -0.347. The molecule has 0 bridgehead atoms. The second kappa shape index (κ2) is 10.3. The van der Waals surface area contributed by atoms with Gasteiger partial charge < -0.3 is 19.7 Å². The summed E-state index contributed by atoms with van der Waals surface area (Å²) in [7, 11) is 1.58. The summed E-state index contributed by atoms with van der Waals surface area (Å²) in [5.74, 6) is 0.816. The Morgan fingerprint density at radius 1 is 1.11 bits per heavy atom. The van der Waals surface area contributed by atoms with Crippen molar-refractivity contribution in [2.75, 3.05) is 38.7 Å². The number of nitrogens with one attached hydrogen (secondary N) is 1. The van der Waals surface area contributed by atoms with Crippen LogP contribution in [0.5, 0.6) is 11.5 Å². The molecule has 2 rings (SSSR count). The Hall–Kier alpha value is -2.02. The van der Waals surface area contributed by atoms with Crippen LogP contribution in [0.25, 0.3) is 0 Å². The second-order valence-electron chi connectivity index (χ2n) is 5.70. The van der Waals surface area contributed by atoms with Crippen LogP contribution in [-0.2, 0) is 0 Å². The number of pyridine rings is 1. The molecule has 1 aromatic heterocycles. The van der Waals surface area contributed by atoms with Crippen LogP contribution in [0.4, 0.5) is 5.69 Å². The number of carbonyl (C=O) groups is 1. The molecule has 1 amide bonds. The van der Waals surface area contributed by atoms with Gasteiger partial charge in [0.05, 0.1) is 7.11 Å². The fourth-order valence-corrected chi connectivity index (χ4v) is 2.95. The third kappa shape index (κ3) is 6.27. The third-order valence-corrected chi connectivity index (χ3v) is 4.39. The van der Waals surface area contributed by atoms with Crippen LogP contribution in [0.15, 0.2) is 30.3 Å². The van der Waals surface area contributed by atoms with Crippen LogP contribution >= 0.6 is 23.2 Å². The summed E-state index contributed by atoms with van der Waals surface area (Å²) in [4.78, 5) is 18.5. The number of methoxy groups -OCH3 is 1. The number of aromatic nitrogens is 1. The molecule has 6 nitrogen and oxygen atoms in total. The van der Waals surface area contributed by atoms with Crippen LogP contribution < -0.4 is 14.8 Å². The maximum absolute atomic E-state index is 12.4. The SMILES string of the molecule is CCN(CC)CCOc1cc(NC(=O)c2cc(Cl)nc(Cl)c2)ccc1OC. The summed E-state index contributed by atoms with van der Waals surface area (Å²) in [6, 6.07) is 8.11. The molecule has 0 aliphatic heterocycles. The van der Waals surface area contributed by atoms with Crippen LogP contribution in [0.1, 0.15) is 24.2 Å². The summed E-state index contributed by atoms with van der Waals surface area (Å²) in [5, 5.41) is 3.11. The zero-order valence-corrected chi connectivity index (χ0v) is 17.1. The first kappa shape index (κ1) is 21.3. The first-order valence-corrected chi connectivity index (χ1v) is 9.40. The largest absolute Gasteiger partial charge is 0.493 e. The van der Waals surface area contributed by atoms with Crippen LogP contribution in [0, 0.1) is 0 Å². The summed E-state index contributed by atoms with van der Waals surface area (Å²) in [6.07, 6.45) is 0. The Labute approximate surface area is 169 Å². The first-order chi connectivity index (χ1) is 13.0. The van der Waals surface area contributed by atoms with Crippen molar-refractivity contribution in [1.29, 1.82) is 0 Å². The van der Waals surface area contributed by atoms with Crippen LogP contribution in [0.2, 0.25) is 10.3 Å². The fraction of sp³-hybridized carbons (Fsp3) is 0.368. The molecule has 2 aromatic rings. The predicted molar refractivity (Wildman–Crippen MR) is 108 cm³/mol. The van der Waals surface area contributed by atoms with E-state index < -0.39 is 0 Å². The highest BCUT2D eigenvalue weighted by molar-refractivity contribution is 6.33. The predicted octanol–water partition coefficient (Wildman–Crippen LogP) is 4.37. The molecule has 0 spiro atoms. The van der Waals surface area contributed by atoms with E-state index >= 15 is 0 Å². The van der Waals surface area contributed by atoms with E-state index in [0.29, 0.717) is 29.4 Å². The molecule has 8 heteroatoms. The zero-order chi connectivity index (χ0) is 19.8. The lowest BCUT2D eigenvalue weighted by Crippen LogP contribution is -2.28. The Balaban J connectivity index is 2.10. The van der Waals surface area contributed by atoms with E-state index in [1.54, 1.807) is 25.3 Å². The average molecular weight is 412 g/mol. The molecule has 0 aliphatic carbocycles. The number of ether oxygens (including phenoxy) is 2. The Kier molecular flexibility index (Phi) is 8.16. The Bertz CT molecular complexity index is 763. The molecule has 1 N–H and O–H groups in total. The number of halogens is 2. The minimum absolute atomic E-state index is 0.155. The summed E-state index contributed by atoms with van der Waals surface area (Å²) < 4.78 is 11.2. The van der Waals surface area contributed by atoms with Crippen molar-refractivity contribution >= 4 is 34.8 Å². The van der Waals surface area contributed by atoms with E-state index in [2.05, 4.69) is 29.0 Å². The van der Waals surface area contributed by atoms with Gasteiger partial charge in [0.25, 0.3) is 5.91 Å². The molecule has 27 heavy (non-hydrogen) atoms. The lowest BCUT2D eigenvalue weighted by atomic mass is 10.2. The van der Waals surface area contributed by atoms with Crippen molar-refractivity contribution in [2.24, 2.45) is 0 Å². The highest BCUT2D eigenvalue weighted by atomic mass is 35.5. The fourth-order valence-electron chi connectivity index (χ4n) is 2.49. The normalized spacial score (nSPS) is 10.7. The van der Waals surface area contributed by atoms with Gasteiger partial charge in [-0.1, -0.05) is 37.0 Å². The van der Waals surface area contributed by atoms with Crippen LogP contribution in [-0.4, -0.2) is 49.1 Å². The highest BCUT2D eigenvalue weighted by Gasteiger charge is 2.12. The smallest absolute Gasteiger partial charge is 0.255 e. The van der Waals surface area contributed by atoms with Gasteiger partial charge >= 0.3 is 0 Å². The molecule has 0 saturated carbocycles. The number of hydrogen-bond donors (Lipinski definition) is 1. The molecule has 0 saturated heterocycles. The molecule has 0 radical (unpaired) electrons. The quantitative estimate of drug-likeness (QED) is 0.620. The Morgan fingerprint density at radius 2 is 1.78 bits per heavy atom. The van der Waals surface area contributed by atoms with Crippen molar-refractivity contribution < 1.29 is 14.3 Å². The molecule has 0 aliphatic rings. The number of amides is 1. The molecule has 1 aromatic carbocycles. The summed E-state index contributed by atoms with van der Waals surface area (Å²) in [5.41, 5.74) is 0.891. The van der Waals surface area contributed by atoms with Gasteiger partial charge in [-0.15, -0.1) is 0 Å². The van der Waals surface area contributed by atoms with Crippen molar-refractivity contribution in [1.82, 2.24) is 9.88 Å². The van der Waals surface area contributed by atoms with Crippen molar-refractivity contribution in [3.8, 4) is 11.5 Å². The van der Waals surface area contributed by atoms with E-state index in [4.69, 9.17) is 32.7 Å². The van der Waals surface area contributed by atoms with Gasteiger partial charge in [-0.05, 0) is 37.4 Å². The Morgan fingerprint density at radius 3 is 2.37 bits per heavy atom. The lowest BCUT2D eigenvalue weighted by Gasteiger charge is -2.19. The molecule has 1 heterocycles. The number of anilines is 1. The summed E-state index contributed by atoms with van der Waals surface area (Å²) >= 11 is 11.7. The molecule has 0 atom stereocenters. The van der Waals surface area contributed by atoms with E-state index in [-0.39, 0.29) is 16.2 Å².